The Hall–Kier alpha value is -2.67. The summed E-state index contributed by atoms with van der Waals surface area (Å²) in [6, 6.07) is 14.9. The highest BCUT2D eigenvalue weighted by molar-refractivity contribution is 5.91. The molecule has 2 rings (SSSR count). The lowest BCUT2D eigenvalue weighted by molar-refractivity contribution is 0.0943. The molecule has 0 radical (unpaired) electrons. The van der Waals surface area contributed by atoms with Crippen LogP contribution < -0.4 is 10.1 Å². The summed E-state index contributed by atoms with van der Waals surface area (Å²) in [5.41, 5.74) is 0.351. The zero-order chi connectivity index (χ0) is 17.4. The Morgan fingerprint density at radius 2 is 1.79 bits per heavy atom. The first-order valence-corrected chi connectivity index (χ1v) is 7.37. The van der Waals surface area contributed by atoms with E-state index >= 15 is 0 Å². The van der Waals surface area contributed by atoms with Crippen LogP contribution in [0.4, 0.5) is 19.3 Å². The van der Waals surface area contributed by atoms with Crippen LogP contribution in [0.5, 0.6) is 11.5 Å². The number of hydrogen-bond acceptors (Lipinski definition) is 3. The molecule has 0 unspecified atom stereocenters. The average Bonchev–Trinajstić information content (AvgIpc) is 2.57. The quantitative estimate of drug-likeness (QED) is 0.812. The fourth-order valence-corrected chi connectivity index (χ4v) is 2.03. The molecule has 0 fully saturated rings. The second-order valence-electron chi connectivity index (χ2n) is 4.90. The van der Waals surface area contributed by atoms with E-state index in [0.717, 1.165) is 4.90 Å². The second kappa shape index (κ2) is 8.83. The van der Waals surface area contributed by atoms with Crippen molar-refractivity contribution in [3.63, 3.8) is 0 Å². The molecule has 0 bridgehead atoms. The number of aliphatic hydroxyl groups is 1. The van der Waals surface area contributed by atoms with Crippen molar-refractivity contribution in [2.75, 3.05) is 25.0 Å². The monoisotopic (exact) mass is 336 g/mol. The molecule has 0 heterocycles. The molecule has 2 aromatic rings. The number of anilines is 1. The Balaban J connectivity index is 2.12. The number of para-hydroxylation sites is 3. The smallest absolute Gasteiger partial charge is 0.322 e. The number of carbonyl (C=O) groups is 1. The molecule has 128 valence electrons. The summed E-state index contributed by atoms with van der Waals surface area (Å²) in [6.07, 6.45) is -2.68. The number of amides is 2. The Morgan fingerprint density at radius 1 is 1.12 bits per heavy atom. The molecule has 2 aromatic carbocycles. The number of nitrogens with zero attached hydrogens (tertiary/aromatic N) is 1. The van der Waals surface area contributed by atoms with Crippen LogP contribution in [0.15, 0.2) is 54.6 Å². The number of ether oxygens (including phenoxy) is 1. The van der Waals surface area contributed by atoms with E-state index in [2.05, 4.69) is 5.32 Å². The van der Waals surface area contributed by atoms with Crippen molar-refractivity contribution in [1.82, 2.24) is 4.90 Å². The first-order chi connectivity index (χ1) is 11.6. The number of urea groups is 1. The first-order valence-electron chi connectivity index (χ1n) is 7.37. The van der Waals surface area contributed by atoms with Gasteiger partial charge in [0.2, 0.25) is 0 Å². The molecular formula is C17H18F2N2O3. The van der Waals surface area contributed by atoms with Gasteiger partial charge in [-0.1, -0.05) is 30.3 Å². The zero-order valence-corrected chi connectivity index (χ0v) is 12.9. The van der Waals surface area contributed by atoms with Gasteiger partial charge in [0.15, 0.2) is 5.75 Å². The molecule has 2 N–H and O–H groups in total. The van der Waals surface area contributed by atoms with Crippen LogP contribution in [0.2, 0.25) is 0 Å². The molecule has 0 spiro atoms. The van der Waals surface area contributed by atoms with Crippen molar-refractivity contribution >= 4 is 11.7 Å². The maximum atomic E-state index is 12.5. The summed E-state index contributed by atoms with van der Waals surface area (Å²) < 4.78 is 30.8. The highest BCUT2D eigenvalue weighted by atomic mass is 19.3. The maximum Gasteiger partial charge on any atom is 0.322 e. The number of alkyl halides is 2. The largest absolute Gasteiger partial charge is 0.455 e. The van der Waals surface area contributed by atoms with Crippen LogP contribution in [0.1, 0.15) is 0 Å². The van der Waals surface area contributed by atoms with Crippen molar-refractivity contribution in [3.8, 4) is 11.5 Å². The summed E-state index contributed by atoms with van der Waals surface area (Å²) >= 11 is 0. The third kappa shape index (κ3) is 5.20. The van der Waals surface area contributed by atoms with E-state index in [1.165, 1.54) is 0 Å². The number of nitrogens with one attached hydrogen (secondary N) is 1. The van der Waals surface area contributed by atoms with Gasteiger partial charge < -0.3 is 20.1 Å². The molecule has 0 saturated carbocycles. The van der Waals surface area contributed by atoms with Crippen LogP contribution in [0.3, 0.4) is 0 Å². The van der Waals surface area contributed by atoms with E-state index in [9.17, 15) is 13.6 Å². The lowest BCUT2D eigenvalue weighted by Gasteiger charge is -2.22. The topological polar surface area (TPSA) is 61.8 Å². The molecule has 0 aliphatic heterocycles. The van der Waals surface area contributed by atoms with Crippen molar-refractivity contribution in [3.05, 3.63) is 54.6 Å². The third-order valence-corrected chi connectivity index (χ3v) is 3.12. The van der Waals surface area contributed by atoms with Gasteiger partial charge in [-0.2, -0.15) is 0 Å². The average molecular weight is 336 g/mol. The molecular weight excluding hydrogens is 318 g/mol. The molecule has 0 aliphatic rings. The SMILES string of the molecule is O=C(Nc1ccccc1Oc1ccccc1)N(CCO)CC(F)F. The van der Waals surface area contributed by atoms with E-state index in [0.29, 0.717) is 17.2 Å². The molecule has 0 saturated heterocycles. The number of carbonyl (C=O) groups excluding carboxylic acids is 1. The summed E-state index contributed by atoms with van der Waals surface area (Å²) in [7, 11) is 0. The minimum absolute atomic E-state index is 0.183. The minimum atomic E-state index is -2.68. The summed E-state index contributed by atoms with van der Waals surface area (Å²) in [5, 5.41) is 11.5. The lowest BCUT2D eigenvalue weighted by atomic mass is 10.3. The van der Waals surface area contributed by atoms with Gasteiger partial charge in [0.1, 0.15) is 5.75 Å². The summed E-state index contributed by atoms with van der Waals surface area (Å²) in [4.78, 5) is 13.0. The molecule has 7 heteroatoms. The van der Waals surface area contributed by atoms with Gasteiger partial charge in [0.05, 0.1) is 18.8 Å². The van der Waals surface area contributed by atoms with Gasteiger partial charge >= 0.3 is 6.03 Å². The molecule has 0 aromatic heterocycles. The summed E-state index contributed by atoms with van der Waals surface area (Å²) in [6.45, 7) is -1.34. The predicted octanol–water partition coefficient (Wildman–Crippen LogP) is 3.57. The van der Waals surface area contributed by atoms with Gasteiger partial charge in [0.25, 0.3) is 6.43 Å². The van der Waals surface area contributed by atoms with Gasteiger partial charge in [0, 0.05) is 6.54 Å². The number of aliphatic hydroxyl groups excluding tert-OH is 1. The predicted molar refractivity (Wildman–Crippen MR) is 86.6 cm³/mol. The van der Waals surface area contributed by atoms with Crippen molar-refractivity contribution in [1.29, 1.82) is 0 Å². The highest BCUT2D eigenvalue weighted by Gasteiger charge is 2.19. The fourth-order valence-electron chi connectivity index (χ4n) is 2.03. The van der Waals surface area contributed by atoms with E-state index in [1.54, 1.807) is 36.4 Å². The van der Waals surface area contributed by atoms with E-state index < -0.39 is 25.6 Å². The van der Waals surface area contributed by atoms with Gasteiger partial charge in [-0.25, -0.2) is 13.6 Å². The molecule has 0 aliphatic carbocycles. The van der Waals surface area contributed by atoms with Crippen LogP contribution in [0, 0.1) is 0 Å². The van der Waals surface area contributed by atoms with Gasteiger partial charge in [-0.05, 0) is 24.3 Å². The molecule has 2 amide bonds. The van der Waals surface area contributed by atoms with Crippen molar-refractivity contribution < 1.29 is 23.4 Å². The molecule has 0 atom stereocenters. The number of halogens is 2. The normalized spacial score (nSPS) is 10.5. The second-order valence-corrected chi connectivity index (χ2v) is 4.90. The number of benzene rings is 2. The third-order valence-electron chi connectivity index (χ3n) is 3.12. The van der Waals surface area contributed by atoms with E-state index in [1.807, 2.05) is 18.2 Å². The minimum Gasteiger partial charge on any atom is -0.455 e. The Morgan fingerprint density at radius 3 is 2.46 bits per heavy atom. The van der Waals surface area contributed by atoms with E-state index in [4.69, 9.17) is 9.84 Å². The van der Waals surface area contributed by atoms with Crippen LogP contribution in [-0.2, 0) is 0 Å². The number of hydrogen-bond donors (Lipinski definition) is 2. The first kappa shape index (κ1) is 17.7. The molecule has 5 nitrogen and oxygen atoms in total. The highest BCUT2D eigenvalue weighted by Crippen LogP contribution is 2.29. The van der Waals surface area contributed by atoms with Gasteiger partial charge in [-0.15, -0.1) is 0 Å². The number of rotatable bonds is 7. The maximum absolute atomic E-state index is 12.5. The van der Waals surface area contributed by atoms with Crippen molar-refractivity contribution in [2.45, 2.75) is 6.43 Å². The Kier molecular flexibility index (Phi) is 6.51. The van der Waals surface area contributed by atoms with E-state index in [-0.39, 0.29) is 6.54 Å². The standard InChI is InChI=1S/C17H18F2N2O3/c18-16(19)12-21(10-11-22)17(23)20-14-8-4-5-9-15(14)24-13-6-2-1-3-7-13/h1-9,16,22H,10-12H2,(H,20,23). The summed E-state index contributed by atoms with van der Waals surface area (Å²) in [5.74, 6) is 0.969. The molecule has 24 heavy (non-hydrogen) atoms. The fraction of sp³-hybridized carbons (Fsp3) is 0.235. The van der Waals surface area contributed by atoms with Crippen LogP contribution in [-0.4, -0.2) is 42.2 Å². The van der Waals surface area contributed by atoms with Crippen LogP contribution >= 0.6 is 0 Å². The van der Waals surface area contributed by atoms with Crippen molar-refractivity contribution in [2.24, 2.45) is 0 Å². The zero-order valence-electron chi connectivity index (χ0n) is 12.9. The Bertz CT molecular complexity index is 653. The van der Waals surface area contributed by atoms with Gasteiger partial charge in [-0.3, -0.25) is 0 Å². The lowest BCUT2D eigenvalue weighted by Crippen LogP contribution is -2.40. The van der Waals surface area contributed by atoms with Crippen LogP contribution in [0.25, 0.3) is 0 Å². The Labute approximate surface area is 138 Å².